The van der Waals surface area contributed by atoms with Gasteiger partial charge in [-0.3, -0.25) is 23.8 Å². The van der Waals surface area contributed by atoms with Crippen LogP contribution in [0, 0.1) is 11.7 Å². The number of fused-ring (bicyclic) bond motifs is 4. The quantitative estimate of drug-likeness (QED) is 0.163. The van der Waals surface area contributed by atoms with Crippen molar-refractivity contribution >= 4 is 40.5 Å². The summed E-state index contributed by atoms with van der Waals surface area (Å²) in [6.45, 7) is 1.49. The van der Waals surface area contributed by atoms with Gasteiger partial charge in [-0.1, -0.05) is 30.1 Å². The molecule has 5 rings (SSSR count). The molecule has 0 spiro atoms. The highest BCUT2D eigenvalue weighted by Gasteiger charge is 2.29. The van der Waals surface area contributed by atoms with Crippen LogP contribution in [-0.4, -0.2) is 31.4 Å². The fraction of sp³-hybridized carbons (Fsp3) is 0.241. The van der Waals surface area contributed by atoms with Crippen LogP contribution in [0.3, 0.4) is 0 Å². The van der Waals surface area contributed by atoms with E-state index in [0.717, 1.165) is 0 Å². The Bertz CT molecular complexity index is 1790. The second kappa shape index (κ2) is 12.2. The first kappa shape index (κ1) is 30.2. The van der Waals surface area contributed by atoms with Crippen molar-refractivity contribution in [1.82, 2.24) is 19.3 Å². The molecule has 0 aliphatic carbocycles. The van der Waals surface area contributed by atoms with Crippen molar-refractivity contribution in [3.63, 3.8) is 0 Å². The number of nitrogens with zero attached hydrogens (tertiary/aromatic N) is 5. The topological polar surface area (TPSA) is 137 Å². The highest BCUT2D eigenvalue weighted by molar-refractivity contribution is 6.31. The van der Waals surface area contributed by atoms with Crippen LogP contribution in [0.15, 0.2) is 71.1 Å². The van der Waals surface area contributed by atoms with Crippen molar-refractivity contribution in [3.8, 4) is 22.5 Å². The first-order valence-electron chi connectivity index (χ1n) is 13.3. The molecule has 0 saturated heterocycles. The second-order valence-corrected chi connectivity index (χ2v) is 11.2. The average molecular weight is 629 g/mol. The number of hydrogen-bond acceptors (Lipinski definition) is 7. The zero-order chi connectivity index (χ0) is 31.0. The van der Waals surface area contributed by atoms with Gasteiger partial charge in [-0.15, -0.1) is 0 Å². The van der Waals surface area contributed by atoms with Gasteiger partial charge in [0.2, 0.25) is 5.91 Å². The number of aromatic nitrogens is 4. The number of hydrogen-bond donors (Lipinski definition) is 3. The lowest BCUT2D eigenvalue weighted by molar-refractivity contribution is -0.121. The number of nitrogens with two attached hydrogens (primary N) is 2. The van der Waals surface area contributed by atoms with Crippen LogP contribution in [0.5, 0.6) is 0 Å². The molecule has 1 aliphatic heterocycles. The Balaban J connectivity index is 1.64. The molecule has 2 aromatic heterocycles. The highest BCUT2D eigenvalue weighted by atomic mass is 35.5. The molecule has 224 valence electrons. The minimum atomic E-state index is -1.54. The first-order valence-corrected chi connectivity index (χ1v) is 14.0. The van der Waals surface area contributed by atoms with Crippen molar-refractivity contribution in [2.75, 3.05) is 10.3 Å². The van der Waals surface area contributed by atoms with Crippen molar-refractivity contribution in [2.45, 2.75) is 32.0 Å². The smallest absolute Gasteiger partial charge is 0.254 e. The number of hydrazine groups is 1. The monoisotopic (exact) mass is 628 g/mol. The molecule has 0 radical (unpaired) electrons. The fourth-order valence-corrected chi connectivity index (χ4v) is 5.47. The normalized spacial score (nSPS) is 19.2. The molecule has 5 N–H and O–H groups in total. The maximum atomic E-state index is 15.4. The molecule has 3 unspecified atom stereocenters. The van der Waals surface area contributed by atoms with Gasteiger partial charge in [-0.05, 0) is 54.8 Å². The van der Waals surface area contributed by atoms with Crippen molar-refractivity contribution < 1.29 is 13.6 Å². The minimum absolute atomic E-state index is 0.0695. The highest BCUT2D eigenvalue weighted by Crippen LogP contribution is 2.35. The largest absolute Gasteiger partial charge is 0.388 e. The lowest BCUT2D eigenvalue weighted by Gasteiger charge is -2.25. The standard InChI is InChI=1S/C29H28Cl2F2N8O2/c1-15-21(33)4-6-24(16-7-17(9-19(32)8-16)28-23(38-29(15)43)12-37-39(28)2)40-14-36-22(11-27(40)42)20-10-18(30)3-5-25(20)41(35)13-26(31)34/h3,5,7-15,21,24H,4,6,34-35H2,1-2H3,(H,38,43)/b26-13-. The minimum Gasteiger partial charge on any atom is -0.388 e. The summed E-state index contributed by atoms with van der Waals surface area (Å²) in [5, 5.41) is 8.40. The SMILES string of the molecule is CC1C(=O)Nc2cnn(C)c2-c2cc(F)cc(c2)C(n2cnc(-c3cc(Cl)ccc3N(N)/C=C(\N)Cl)cc2=O)CCC1F. The third-order valence-corrected chi connectivity index (χ3v) is 7.73. The van der Waals surface area contributed by atoms with E-state index in [1.807, 2.05) is 0 Å². The van der Waals surface area contributed by atoms with E-state index in [1.165, 1.54) is 58.1 Å². The van der Waals surface area contributed by atoms with E-state index < -0.39 is 35.4 Å². The number of amides is 1. The lowest BCUT2D eigenvalue weighted by atomic mass is 9.93. The van der Waals surface area contributed by atoms with Gasteiger partial charge in [0.15, 0.2) is 0 Å². The van der Waals surface area contributed by atoms with Crippen molar-refractivity contribution in [1.29, 1.82) is 0 Å². The third kappa shape index (κ3) is 6.26. The molecule has 14 heteroatoms. The molecule has 1 aliphatic rings. The summed E-state index contributed by atoms with van der Waals surface area (Å²) >= 11 is 12.0. The van der Waals surface area contributed by atoms with Gasteiger partial charge in [0.1, 0.15) is 17.1 Å². The van der Waals surface area contributed by atoms with E-state index in [-0.39, 0.29) is 23.7 Å². The molecular formula is C29H28Cl2F2N8O2. The molecule has 3 atom stereocenters. The van der Waals surface area contributed by atoms with Gasteiger partial charge in [-0.2, -0.15) is 5.10 Å². The molecule has 1 amide bonds. The van der Waals surface area contributed by atoms with Crippen LogP contribution in [0.1, 0.15) is 31.4 Å². The molecule has 0 saturated carbocycles. The first-order chi connectivity index (χ1) is 20.4. The fourth-order valence-electron chi connectivity index (χ4n) is 5.19. The van der Waals surface area contributed by atoms with E-state index in [0.29, 0.717) is 38.8 Å². The lowest BCUT2D eigenvalue weighted by Crippen LogP contribution is -2.31. The number of aryl methyl sites for hydroxylation is 1. The maximum Gasteiger partial charge on any atom is 0.254 e. The van der Waals surface area contributed by atoms with Crippen LogP contribution in [-0.2, 0) is 11.8 Å². The summed E-state index contributed by atoms with van der Waals surface area (Å²) < 4.78 is 33.3. The Morgan fingerprint density at radius 3 is 2.67 bits per heavy atom. The summed E-state index contributed by atoms with van der Waals surface area (Å²) in [5.74, 6) is 4.01. The van der Waals surface area contributed by atoms with Gasteiger partial charge < -0.3 is 11.1 Å². The van der Waals surface area contributed by atoms with Crippen LogP contribution in [0.25, 0.3) is 22.5 Å². The average Bonchev–Trinajstić information content (AvgIpc) is 3.31. The van der Waals surface area contributed by atoms with Crippen LogP contribution < -0.4 is 27.5 Å². The number of nitrogens with one attached hydrogen (secondary N) is 1. The Kier molecular flexibility index (Phi) is 8.54. The maximum absolute atomic E-state index is 15.4. The molecule has 2 aromatic carbocycles. The van der Waals surface area contributed by atoms with E-state index in [9.17, 15) is 9.59 Å². The van der Waals surface area contributed by atoms with Crippen LogP contribution in [0.4, 0.5) is 20.2 Å². The van der Waals surface area contributed by atoms with Gasteiger partial charge in [0.25, 0.3) is 5.56 Å². The molecule has 43 heavy (non-hydrogen) atoms. The van der Waals surface area contributed by atoms with Gasteiger partial charge in [-0.25, -0.2) is 19.6 Å². The number of halogens is 4. The number of carbonyl (C=O) groups is 1. The van der Waals surface area contributed by atoms with Crippen LogP contribution in [0.2, 0.25) is 5.02 Å². The summed E-state index contributed by atoms with van der Waals surface area (Å²) in [4.78, 5) is 31.0. The molecular weight excluding hydrogens is 601 g/mol. The summed E-state index contributed by atoms with van der Waals surface area (Å²) in [6.07, 6.45) is 2.49. The van der Waals surface area contributed by atoms with E-state index in [2.05, 4.69) is 15.4 Å². The molecule has 4 aromatic rings. The van der Waals surface area contributed by atoms with E-state index in [4.69, 9.17) is 34.8 Å². The molecule has 0 fully saturated rings. The molecule has 3 heterocycles. The second-order valence-electron chi connectivity index (χ2n) is 10.3. The summed E-state index contributed by atoms with van der Waals surface area (Å²) in [5.41, 5.74) is 7.76. The number of benzene rings is 2. The zero-order valence-electron chi connectivity index (χ0n) is 23.1. The Morgan fingerprint density at radius 2 is 1.95 bits per heavy atom. The van der Waals surface area contributed by atoms with Crippen molar-refractivity contribution in [2.24, 2.45) is 24.5 Å². The van der Waals surface area contributed by atoms with Gasteiger partial charge >= 0.3 is 0 Å². The number of rotatable bonds is 4. The molecule has 10 nitrogen and oxygen atoms in total. The van der Waals surface area contributed by atoms with Gasteiger partial charge in [0, 0.05) is 29.3 Å². The predicted octanol–water partition coefficient (Wildman–Crippen LogP) is 5.08. The number of carbonyl (C=O) groups excluding carboxylic acids is 1. The molecule has 2 bridgehead atoms. The summed E-state index contributed by atoms with van der Waals surface area (Å²) in [6, 6.07) is 9.60. The predicted molar refractivity (Wildman–Crippen MR) is 162 cm³/mol. The van der Waals surface area contributed by atoms with Crippen molar-refractivity contribution in [3.05, 3.63) is 93.1 Å². The summed E-state index contributed by atoms with van der Waals surface area (Å²) in [7, 11) is 1.65. The number of anilines is 2. The number of alkyl halides is 1. The third-order valence-electron chi connectivity index (χ3n) is 7.39. The van der Waals surface area contributed by atoms with Gasteiger partial charge in [0.05, 0.1) is 53.4 Å². The Hall–Kier alpha value is -4.26. The van der Waals surface area contributed by atoms with Crippen LogP contribution >= 0.6 is 23.2 Å². The van der Waals surface area contributed by atoms with E-state index >= 15 is 8.78 Å². The van der Waals surface area contributed by atoms with E-state index in [1.54, 1.807) is 31.3 Å². The Labute approximate surface area is 255 Å². The zero-order valence-corrected chi connectivity index (χ0v) is 24.7. The Morgan fingerprint density at radius 1 is 1.19 bits per heavy atom.